The van der Waals surface area contributed by atoms with Crippen molar-refractivity contribution in [1.29, 1.82) is 0 Å². The Hall–Kier alpha value is -0.370. The molecule has 1 saturated carbocycles. The number of hydrogen-bond donors (Lipinski definition) is 1. The van der Waals surface area contributed by atoms with Gasteiger partial charge in [-0.2, -0.15) is 0 Å². The first kappa shape index (κ1) is 8.72. The lowest BCUT2D eigenvalue weighted by atomic mass is 9.60. The SMILES string of the molecule is CC1(C)CC(O)(CCC=O)C1. The van der Waals surface area contributed by atoms with Crippen molar-refractivity contribution < 1.29 is 9.90 Å². The van der Waals surface area contributed by atoms with Crippen LogP contribution in [0.2, 0.25) is 0 Å². The predicted molar refractivity (Wildman–Crippen MR) is 43.3 cm³/mol. The van der Waals surface area contributed by atoms with Crippen molar-refractivity contribution in [3.8, 4) is 0 Å². The Bertz CT molecular complexity index is 153. The van der Waals surface area contributed by atoms with Crippen LogP contribution in [0, 0.1) is 5.41 Å². The fourth-order valence-electron chi connectivity index (χ4n) is 2.23. The summed E-state index contributed by atoms with van der Waals surface area (Å²) in [4.78, 5) is 10.0. The lowest BCUT2D eigenvalue weighted by Gasteiger charge is -2.49. The maximum atomic E-state index is 10.0. The van der Waals surface area contributed by atoms with Crippen molar-refractivity contribution in [2.24, 2.45) is 5.41 Å². The highest BCUT2D eigenvalue weighted by Crippen LogP contribution is 2.49. The summed E-state index contributed by atoms with van der Waals surface area (Å²) in [6.07, 6.45) is 3.69. The van der Waals surface area contributed by atoms with Crippen molar-refractivity contribution in [3.05, 3.63) is 0 Å². The van der Waals surface area contributed by atoms with Crippen LogP contribution in [-0.4, -0.2) is 17.0 Å². The largest absolute Gasteiger partial charge is 0.390 e. The van der Waals surface area contributed by atoms with E-state index in [0.717, 1.165) is 19.1 Å². The van der Waals surface area contributed by atoms with Crippen LogP contribution in [0.15, 0.2) is 0 Å². The predicted octanol–water partition coefficient (Wildman–Crippen LogP) is 1.52. The number of carbonyl (C=O) groups excluding carboxylic acids is 1. The Morgan fingerprint density at radius 1 is 1.45 bits per heavy atom. The monoisotopic (exact) mass is 156 g/mol. The van der Waals surface area contributed by atoms with E-state index in [2.05, 4.69) is 13.8 Å². The Balaban J connectivity index is 2.31. The van der Waals surface area contributed by atoms with Gasteiger partial charge in [-0.1, -0.05) is 13.8 Å². The zero-order chi connectivity index (χ0) is 8.54. The molecule has 0 amide bonds. The van der Waals surface area contributed by atoms with E-state index in [4.69, 9.17) is 0 Å². The first-order valence-corrected chi connectivity index (χ1v) is 4.14. The third-order valence-corrected chi connectivity index (χ3v) is 2.34. The van der Waals surface area contributed by atoms with Gasteiger partial charge in [0.15, 0.2) is 0 Å². The minimum Gasteiger partial charge on any atom is -0.390 e. The van der Waals surface area contributed by atoms with Crippen molar-refractivity contribution in [2.75, 3.05) is 0 Å². The Labute approximate surface area is 67.6 Å². The molecule has 0 bridgehead atoms. The van der Waals surface area contributed by atoms with Crippen LogP contribution in [-0.2, 0) is 4.79 Å². The van der Waals surface area contributed by atoms with Crippen LogP contribution in [0.25, 0.3) is 0 Å². The second kappa shape index (κ2) is 2.59. The van der Waals surface area contributed by atoms with Gasteiger partial charge in [0.25, 0.3) is 0 Å². The van der Waals surface area contributed by atoms with E-state index >= 15 is 0 Å². The van der Waals surface area contributed by atoms with Crippen LogP contribution < -0.4 is 0 Å². The molecule has 1 aliphatic rings. The van der Waals surface area contributed by atoms with Crippen molar-refractivity contribution in [3.63, 3.8) is 0 Å². The summed E-state index contributed by atoms with van der Waals surface area (Å²) in [6, 6.07) is 0. The summed E-state index contributed by atoms with van der Waals surface area (Å²) in [7, 11) is 0. The van der Waals surface area contributed by atoms with Crippen molar-refractivity contribution in [2.45, 2.75) is 45.1 Å². The Kier molecular flexibility index (Phi) is 2.06. The summed E-state index contributed by atoms with van der Waals surface area (Å²) in [5, 5.41) is 9.72. The summed E-state index contributed by atoms with van der Waals surface area (Å²) in [5.41, 5.74) is -0.234. The number of hydrogen-bond acceptors (Lipinski definition) is 2. The molecule has 0 unspecified atom stereocenters. The number of aliphatic hydroxyl groups is 1. The van der Waals surface area contributed by atoms with Gasteiger partial charge in [0.1, 0.15) is 6.29 Å². The van der Waals surface area contributed by atoms with Crippen molar-refractivity contribution >= 4 is 6.29 Å². The van der Waals surface area contributed by atoms with Crippen LogP contribution in [0.3, 0.4) is 0 Å². The third kappa shape index (κ3) is 2.03. The van der Waals surface area contributed by atoms with Gasteiger partial charge >= 0.3 is 0 Å². The molecule has 1 rings (SSSR count). The average molecular weight is 156 g/mol. The summed E-state index contributed by atoms with van der Waals surface area (Å²) in [6.45, 7) is 4.28. The number of aldehydes is 1. The quantitative estimate of drug-likeness (QED) is 0.629. The summed E-state index contributed by atoms with van der Waals surface area (Å²) >= 11 is 0. The van der Waals surface area contributed by atoms with Crippen LogP contribution in [0.1, 0.15) is 39.5 Å². The smallest absolute Gasteiger partial charge is 0.120 e. The highest BCUT2D eigenvalue weighted by atomic mass is 16.3. The molecular weight excluding hydrogens is 140 g/mol. The lowest BCUT2D eigenvalue weighted by molar-refractivity contribution is -0.125. The van der Waals surface area contributed by atoms with Gasteiger partial charge in [0, 0.05) is 6.42 Å². The molecule has 0 atom stereocenters. The zero-order valence-electron chi connectivity index (χ0n) is 7.26. The molecule has 64 valence electrons. The lowest BCUT2D eigenvalue weighted by Crippen LogP contribution is -2.48. The molecule has 0 spiro atoms. The average Bonchev–Trinajstić information content (AvgIpc) is 1.79. The molecule has 0 aromatic rings. The maximum absolute atomic E-state index is 10.0. The highest BCUT2D eigenvalue weighted by molar-refractivity contribution is 5.49. The minimum atomic E-state index is -0.523. The van der Waals surface area contributed by atoms with E-state index in [0.29, 0.717) is 12.8 Å². The number of rotatable bonds is 3. The standard InChI is InChI=1S/C9H16O2/c1-8(2)6-9(11,7-8)4-3-5-10/h5,11H,3-4,6-7H2,1-2H3. The topological polar surface area (TPSA) is 37.3 Å². The summed E-state index contributed by atoms with van der Waals surface area (Å²) in [5.74, 6) is 0. The van der Waals surface area contributed by atoms with E-state index in [9.17, 15) is 9.90 Å². The number of carbonyl (C=O) groups is 1. The van der Waals surface area contributed by atoms with Crippen LogP contribution in [0.5, 0.6) is 0 Å². The van der Waals surface area contributed by atoms with E-state index in [1.165, 1.54) is 0 Å². The molecule has 0 saturated heterocycles. The molecule has 1 N–H and O–H groups in total. The van der Waals surface area contributed by atoms with Gasteiger partial charge in [0.2, 0.25) is 0 Å². The van der Waals surface area contributed by atoms with E-state index in [1.54, 1.807) is 0 Å². The normalized spacial score (nSPS) is 25.7. The molecule has 0 heterocycles. The molecule has 0 aromatic carbocycles. The molecule has 1 aliphatic carbocycles. The fraction of sp³-hybridized carbons (Fsp3) is 0.889. The van der Waals surface area contributed by atoms with Gasteiger partial charge in [-0.05, 0) is 24.7 Å². The van der Waals surface area contributed by atoms with Gasteiger partial charge in [0.05, 0.1) is 5.60 Å². The van der Waals surface area contributed by atoms with Crippen molar-refractivity contribution in [1.82, 2.24) is 0 Å². The van der Waals surface area contributed by atoms with Gasteiger partial charge in [-0.15, -0.1) is 0 Å². The second-order valence-electron chi connectivity index (χ2n) is 4.45. The van der Waals surface area contributed by atoms with Crippen LogP contribution >= 0.6 is 0 Å². The third-order valence-electron chi connectivity index (χ3n) is 2.34. The molecular formula is C9H16O2. The minimum absolute atomic E-state index is 0.289. The fourth-order valence-corrected chi connectivity index (χ4v) is 2.23. The molecule has 0 radical (unpaired) electrons. The Morgan fingerprint density at radius 2 is 2.00 bits per heavy atom. The first-order chi connectivity index (χ1) is 4.97. The molecule has 1 fully saturated rings. The van der Waals surface area contributed by atoms with E-state index < -0.39 is 5.60 Å². The molecule has 2 nitrogen and oxygen atoms in total. The second-order valence-corrected chi connectivity index (χ2v) is 4.45. The van der Waals surface area contributed by atoms with E-state index in [1.807, 2.05) is 0 Å². The van der Waals surface area contributed by atoms with Gasteiger partial charge in [-0.3, -0.25) is 0 Å². The van der Waals surface area contributed by atoms with Gasteiger partial charge < -0.3 is 9.90 Å². The highest BCUT2D eigenvalue weighted by Gasteiger charge is 2.47. The van der Waals surface area contributed by atoms with E-state index in [-0.39, 0.29) is 5.41 Å². The molecule has 11 heavy (non-hydrogen) atoms. The molecule has 0 aliphatic heterocycles. The van der Waals surface area contributed by atoms with Crippen LogP contribution in [0.4, 0.5) is 0 Å². The Morgan fingerprint density at radius 3 is 2.36 bits per heavy atom. The molecule has 2 heteroatoms. The zero-order valence-corrected chi connectivity index (χ0v) is 7.26. The summed E-state index contributed by atoms with van der Waals surface area (Å²) < 4.78 is 0. The van der Waals surface area contributed by atoms with Gasteiger partial charge in [-0.25, -0.2) is 0 Å². The molecule has 0 aromatic heterocycles. The first-order valence-electron chi connectivity index (χ1n) is 4.14. The maximum Gasteiger partial charge on any atom is 0.120 e.